The summed E-state index contributed by atoms with van der Waals surface area (Å²) in [5, 5.41) is 0.965. The van der Waals surface area contributed by atoms with Gasteiger partial charge >= 0.3 is 0 Å². The second kappa shape index (κ2) is 7.41. The van der Waals surface area contributed by atoms with Gasteiger partial charge in [0.2, 0.25) is 0 Å². The summed E-state index contributed by atoms with van der Waals surface area (Å²) in [5.41, 5.74) is 8.78. The quantitative estimate of drug-likeness (QED) is 0.653. The molecule has 2 N–H and O–H groups in total. The molecule has 0 radical (unpaired) electrons. The molecule has 0 aliphatic rings. The van der Waals surface area contributed by atoms with E-state index in [-0.39, 0.29) is 6.04 Å². The van der Waals surface area contributed by atoms with Gasteiger partial charge in [-0.2, -0.15) is 0 Å². The Hall–Kier alpha value is -1.39. The van der Waals surface area contributed by atoms with Crippen LogP contribution >= 0.6 is 11.8 Å². The Kier molecular flexibility index (Phi) is 5.56. The zero-order valence-electron chi connectivity index (χ0n) is 12.0. The molecule has 0 saturated heterocycles. The standard InChI is InChI=1S/C16H21N3S/c1-12(2)9-13-3-5-14(6-4-13)15(17)10-20-16-7-8-18-11-19-16/h3-8,11-12,15H,9-10,17H2,1-2H3. The van der Waals surface area contributed by atoms with Gasteiger partial charge in [0.25, 0.3) is 0 Å². The molecule has 3 nitrogen and oxygen atoms in total. The Balaban J connectivity index is 1.90. The normalized spacial score (nSPS) is 12.6. The molecule has 2 rings (SSSR count). The summed E-state index contributed by atoms with van der Waals surface area (Å²) >= 11 is 1.66. The summed E-state index contributed by atoms with van der Waals surface area (Å²) in [6.45, 7) is 4.47. The van der Waals surface area contributed by atoms with E-state index in [4.69, 9.17) is 5.73 Å². The third-order valence-corrected chi connectivity index (χ3v) is 4.08. The molecule has 20 heavy (non-hydrogen) atoms. The van der Waals surface area contributed by atoms with Gasteiger partial charge in [0, 0.05) is 18.0 Å². The van der Waals surface area contributed by atoms with Crippen molar-refractivity contribution in [3.8, 4) is 0 Å². The SMILES string of the molecule is CC(C)Cc1ccc(C(N)CSc2ccncn2)cc1. The number of thioether (sulfide) groups is 1. The second-order valence-corrected chi connectivity index (χ2v) is 6.34. The minimum Gasteiger partial charge on any atom is -0.323 e. The highest BCUT2D eigenvalue weighted by molar-refractivity contribution is 7.99. The van der Waals surface area contributed by atoms with Crippen LogP contribution in [0.15, 0.2) is 47.9 Å². The molecule has 0 bridgehead atoms. The predicted octanol–water partition coefficient (Wildman–Crippen LogP) is 3.47. The Morgan fingerprint density at radius 1 is 1.15 bits per heavy atom. The van der Waals surface area contributed by atoms with Crippen LogP contribution in [0.4, 0.5) is 0 Å². The summed E-state index contributed by atoms with van der Waals surface area (Å²) in [5.74, 6) is 1.50. The summed E-state index contributed by atoms with van der Waals surface area (Å²) in [7, 11) is 0. The summed E-state index contributed by atoms with van der Waals surface area (Å²) in [4.78, 5) is 8.10. The molecule has 0 amide bonds. The molecule has 1 aromatic heterocycles. The largest absolute Gasteiger partial charge is 0.323 e. The smallest absolute Gasteiger partial charge is 0.116 e. The van der Waals surface area contributed by atoms with E-state index in [1.165, 1.54) is 11.1 Å². The first-order valence-corrected chi connectivity index (χ1v) is 7.87. The molecule has 0 saturated carbocycles. The van der Waals surface area contributed by atoms with Crippen molar-refractivity contribution in [2.45, 2.75) is 31.3 Å². The number of aromatic nitrogens is 2. The van der Waals surface area contributed by atoms with Crippen LogP contribution in [0.3, 0.4) is 0 Å². The van der Waals surface area contributed by atoms with E-state index >= 15 is 0 Å². The number of hydrogen-bond donors (Lipinski definition) is 1. The van der Waals surface area contributed by atoms with Gasteiger partial charge in [-0.25, -0.2) is 9.97 Å². The molecule has 2 aromatic rings. The highest BCUT2D eigenvalue weighted by Crippen LogP contribution is 2.22. The lowest BCUT2D eigenvalue weighted by Gasteiger charge is -2.12. The predicted molar refractivity (Wildman–Crippen MR) is 84.7 cm³/mol. The van der Waals surface area contributed by atoms with Gasteiger partial charge in [-0.3, -0.25) is 0 Å². The highest BCUT2D eigenvalue weighted by Gasteiger charge is 2.07. The summed E-state index contributed by atoms with van der Waals surface area (Å²) in [6.07, 6.45) is 4.43. The Morgan fingerprint density at radius 2 is 1.90 bits per heavy atom. The zero-order valence-corrected chi connectivity index (χ0v) is 12.8. The van der Waals surface area contributed by atoms with E-state index in [9.17, 15) is 0 Å². The minimum absolute atomic E-state index is 0.0306. The van der Waals surface area contributed by atoms with Crippen molar-refractivity contribution in [1.29, 1.82) is 0 Å². The molecule has 0 fully saturated rings. The minimum atomic E-state index is 0.0306. The number of nitrogens with zero attached hydrogens (tertiary/aromatic N) is 2. The Morgan fingerprint density at radius 3 is 2.50 bits per heavy atom. The van der Waals surface area contributed by atoms with Crippen molar-refractivity contribution in [3.05, 3.63) is 54.0 Å². The van der Waals surface area contributed by atoms with Gasteiger partial charge in [0.15, 0.2) is 0 Å². The van der Waals surface area contributed by atoms with E-state index in [1.54, 1.807) is 24.3 Å². The monoisotopic (exact) mass is 287 g/mol. The summed E-state index contributed by atoms with van der Waals surface area (Å²) in [6, 6.07) is 10.6. The lowest BCUT2D eigenvalue weighted by atomic mass is 10.0. The summed E-state index contributed by atoms with van der Waals surface area (Å²) < 4.78 is 0. The van der Waals surface area contributed by atoms with Crippen LogP contribution in [0, 0.1) is 5.92 Å². The molecule has 1 aromatic carbocycles. The highest BCUT2D eigenvalue weighted by atomic mass is 32.2. The van der Waals surface area contributed by atoms with Crippen LogP contribution in [0.2, 0.25) is 0 Å². The molecule has 0 aliphatic heterocycles. The van der Waals surface area contributed by atoms with Crippen LogP contribution in [0.25, 0.3) is 0 Å². The van der Waals surface area contributed by atoms with Crippen LogP contribution in [-0.4, -0.2) is 15.7 Å². The van der Waals surface area contributed by atoms with E-state index in [2.05, 4.69) is 48.1 Å². The van der Waals surface area contributed by atoms with Gasteiger partial charge in [-0.15, -0.1) is 11.8 Å². The number of hydrogen-bond acceptors (Lipinski definition) is 4. The third-order valence-electron chi connectivity index (χ3n) is 3.02. The van der Waals surface area contributed by atoms with Gasteiger partial charge in [-0.05, 0) is 29.5 Å². The van der Waals surface area contributed by atoms with Gasteiger partial charge in [0.05, 0.1) is 5.03 Å². The average molecular weight is 287 g/mol. The van der Waals surface area contributed by atoms with Crippen molar-refractivity contribution in [2.75, 3.05) is 5.75 Å². The fourth-order valence-corrected chi connectivity index (χ4v) is 2.83. The zero-order chi connectivity index (χ0) is 14.4. The van der Waals surface area contributed by atoms with Crippen LogP contribution < -0.4 is 5.73 Å². The Labute approximate surface area is 125 Å². The van der Waals surface area contributed by atoms with Crippen molar-refractivity contribution in [2.24, 2.45) is 11.7 Å². The van der Waals surface area contributed by atoms with Gasteiger partial charge in [0.1, 0.15) is 6.33 Å². The maximum atomic E-state index is 6.23. The average Bonchev–Trinajstić information content (AvgIpc) is 2.46. The fraction of sp³-hybridized carbons (Fsp3) is 0.375. The molecule has 1 heterocycles. The van der Waals surface area contributed by atoms with Crippen molar-refractivity contribution < 1.29 is 0 Å². The first-order chi connectivity index (χ1) is 9.65. The number of nitrogens with two attached hydrogens (primary N) is 1. The first kappa shape index (κ1) is 15.0. The van der Waals surface area contributed by atoms with Crippen molar-refractivity contribution >= 4 is 11.8 Å². The van der Waals surface area contributed by atoms with E-state index in [1.807, 2.05) is 6.07 Å². The maximum Gasteiger partial charge on any atom is 0.116 e. The van der Waals surface area contributed by atoms with Gasteiger partial charge in [-0.1, -0.05) is 38.1 Å². The van der Waals surface area contributed by atoms with E-state index < -0.39 is 0 Å². The molecular formula is C16H21N3S. The van der Waals surface area contributed by atoms with Crippen LogP contribution in [0.5, 0.6) is 0 Å². The molecular weight excluding hydrogens is 266 g/mol. The lowest BCUT2D eigenvalue weighted by Crippen LogP contribution is -2.13. The lowest BCUT2D eigenvalue weighted by molar-refractivity contribution is 0.647. The first-order valence-electron chi connectivity index (χ1n) is 6.88. The van der Waals surface area contributed by atoms with E-state index in [0.29, 0.717) is 5.92 Å². The second-order valence-electron chi connectivity index (χ2n) is 5.30. The molecule has 4 heteroatoms. The van der Waals surface area contributed by atoms with E-state index in [0.717, 1.165) is 17.2 Å². The molecule has 1 atom stereocenters. The van der Waals surface area contributed by atoms with Crippen molar-refractivity contribution in [3.63, 3.8) is 0 Å². The Bertz CT molecular complexity index is 511. The van der Waals surface area contributed by atoms with Gasteiger partial charge < -0.3 is 5.73 Å². The van der Waals surface area contributed by atoms with Crippen molar-refractivity contribution in [1.82, 2.24) is 9.97 Å². The topological polar surface area (TPSA) is 51.8 Å². The molecule has 106 valence electrons. The number of benzene rings is 1. The third kappa shape index (κ3) is 4.62. The fourth-order valence-electron chi connectivity index (χ4n) is 2.01. The van der Waals surface area contributed by atoms with Crippen LogP contribution in [-0.2, 0) is 6.42 Å². The maximum absolute atomic E-state index is 6.23. The number of rotatable bonds is 6. The molecule has 1 unspecified atom stereocenters. The van der Waals surface area contributed by atoms with Crippen LogP contribution in [0.1, 0.15) is 31.0 Å². The molecule has 0 aliphatic carbocycles. The molecule has 0 spiro atoms.